The summed E-state index contributed by atoms with van der Waals surface area (Å²) in [5.74, 6) is -0.535. The second-order valence-corrected chi connectivity index (χ2v) is 4.48. The maximum Gasteiger partial charge on any atom is 0.335 e. The first-order valence-corrected chi connectivity index (χ1v) is 5.86. The third-order valence-corrected chi connectivity index (χ3v) is 2.86. The number of halogens is 1. The molecule has 1 aromatic carbocycles. The van der Waals surface area contributed by atoms with Gasteiger partial charge < -0.3 is 9.84 Å². The third-order valence-electron chi connectivity index (χ3n) is 2.20. The van der Waals surface area contributed by atoms with Crippen molar-refractivity contribution in [3.8, 4) is 5.75 Å². The molecule has 0 fully saturated rings. The van der Waals surface area contributed by atoms with Crippen LogP contribution in [0.4, 0.5) is 0 Å². The van der Waals surface area contributed by atoms with Gasteiger partial charge >= 0.3 is 5.97 Å². The van der Waals surface area contributed by atoms with Crippen LogP contribution in [0.25, 0.3) is 0 Å². The van der Waals surface area contributed by atoms with E-state index in [9.17, 15) is 4.79 Å². The van der Waals surface area contributed by atoms with E-state index >= 15 is 0 Å². The maximum atomic E-state index is 10.8. The summed E-state index contributed by atoms with van der Waals surface area (Å²) in [5.41, 5.74) is 0.845. The Morgan fingerprint density at radius 3 is 2.94 bits per heavy atom. The SMILES string of the molecule is Cn1cc(COc2cc(C(=O)O)ccc2Br)nn1. The average molecular weight is 312 g/mol. The molecule has 18 heavy (non-hydrogen) atoms. The first kappa shape index (κ1) is 12.6. The van der Waals surface area contributed by atoms with Crippen molar-refractivity contribution >= 4 is 21.9 Å². The summed E-state index contributed by atoms with van der Waals surface area (Å²) in [4.78, 5) is 10.8. The minimum Gasteiger partial charge on any atom is -0.486 e. The molecule has 0 aliphatic carbocycles. The normalized spacial score (nSPS) is 10.3. The largest absolute Gasteiger partial charge is 0.486 e. The van der Waals surface area contributed by atoms with Gasteiger partial charge in [0.1, 0.15) is 18.1 Å². The highest BCUT2D eigenvalue weighted by Crippen LogP contribution is 2.26. The van der Waals surface area contributed by atoms with E-state index in [1.807, 2.05) is 0 Å². The fourth-order valence-electron chi connectivity index (χ4n) is 1.36. The van der Waals surface area contributed by atoms with E-state index in [2.05, 4.69) is 26.2 Å². The van der Waals surface area contributed by atoms with Crippen LogP contribution in [0, 0.1) is 0 Å². The van der Waals surface area contributed by atoms with Gasteiger partial charge in [0.05, 0.1) is 16.2 Å². The number of aromatic carboxylic acids is 1. The van der Waals surface area contributed by atoms with Crippen LogP contribution in [-0.2, 0) is 13.7 Å². The molecule has 2 aromatic rings. The molecule has 0 amide bonds. The molecule has 94 valence electrons. The Morgan fingerprint density at radius 1 is 1.56 bits per heavy atom. The minimum atomic E-state index is -0.994. The lowest BCUT2D eigenvalue weighted by Gasteiger charge is -2.07. The van der Waals surface area contributed by atoms with Gasteiger partial charge in [-0.1, -0.05) is 5.21 Å². The number of aryl methyl sites for hydroxylation is 1. The van der Waals surface area contributed by atoms with Crippen molar-refractivity contribution in [3.05, 3.63) is 40.1 Å². The fraction of sp³-hybridized carbons (Fsp3) is 0.182. The molecule has 2 rings (SSSR count). The zero-order valence-electron chi connectivity index (χ0n) is 9.50. The number of carboxylic acid groups (broad SMARTS) is 1. The van der Waals surface area contributed by atoms with Crippen LogP contribution in [0.1, 0.15) is 16.1 Å². The van der Waals surface area contributed by atoms with E-state index in [1.54, 1.807) is 24.0 Å². The molecule has 0 radical (unpaired) electrons. The highest BCUT2D eigenvalue weighted by atomic mass is 79.9. The van der Waals surface area contributed by atoms with Crippen LogP contribution in [-0.4, -0.2) is 26.1 Å². The van der Waals surface area contributed by atoms with E-state index < -0.39 is 5.97 Å². The quantitative estimate of drug-likeness (QED) is 0.932. The second-order valence-electron chi connectivity index (χ2n) is 3.62. The Balaban J connectivity index is 2.13. The monoisotopic (exact) mass is 311 g/mol. The highest BCUT2D eigenvalue weighted by molar-refractivity contribution is 9.10. The number of aromatic nitrogens is 3. The number of ether oxygens (including phenoxy) is 1. The lowest BCUT2D eigenvalue weighted by atomic mass is 10.2. The molecule has 0 atom stereocenters. The van der Waals surface area contributed by atoms with Crippen LogP contribution in [0.15, 0.2) is 28.9 Å². The standard InChI is InChI=1S/C11H10BrN3O3/c1-15-5-8(13-14-15)6-18-10-4-7(11(16)17)2-3-9(10)12/h2-5H,6H2,1H3,(H,16,17). The Bertz CT molecular complexity index is 583. The number of nitrogens with zero attached hydrogens (tertiary/aromatic N) is 3. The molecule has 0 spiro atoms. The smallest absolute Gasteiger partial charge is 0.335 e. The lowest BCUT2D eigenvalue weighted by molar-refractivity contribution is 0.0696. The van der Waals surface area contributed by atoms with Crippen molar-refractivity contribution in [3.63, 3.8) is 0 Å². The third kappa shape index (κ3) is 2.86. The van der Waals surface area contributed by atoms with Crippen LogP contribution in [0.2, 0.25) is 0 Å². The maximum absolute atomic E-state index is 10.8. The molecule has 1 N–H and O–H groups in total. The lowest BCUT2D eigenvalue weighted by Crippen LogP contribution is -2.00. The molecule has 0 unspecified atom stereocenters. The molecule has 6 nitrogen and oxygen atoms in total. The second kappa shape index (κ2) is 5.18. The van der Waals surface area contributed by atoms with Gasteiger partial charge in [0.15, 0.2) is 0 Å². The van der Waals surface area contributed by atoms with Gasteiger partial charge in [-0.05, 0) is 34.1 Å². The molecule has 0 aliphatic rings. The molecule has 0 saturated heterocycles. The average Bonchev–Trinajstić information content (AvgIpc) is 2.74. The van der Waals surface area contributed by atoms with Gasteiger partial charge in [0, 0.05) is 7.05 Å². The highest BCUT2D eigenvalue weighted by Gasteiger charge is 2.09. The van der Waals surface area contributed by atoms with Crippen molar-refractivity contribution in [2.45, 2.75) is 6.61 Å². The zero-order chi connectivity index (χ0) is 13.1. The molecule has 0 bridgehead atoms. The predicted octanol–water partition coefficient (Wildman–Crippen LogP) is 1.85. The fourth-order valence-corrected chi connectivity index (χ4v) is 1.72. The van der Waals surface area contributed by atoms with E-state index in [0.717, 1.165) is 0 Å². The molecule has 1 heterocycles. The first-order valence-electron chi connectivity index (χ1n) is 5.07. The summed E-state index contributed by atoms with van der Waals surface area (Å²) in [6.45, 7) is 0.232. The first-order chi connectivity index (χ1) is 8.56. The van der Waals surface area contributed by atoms with Gasteiger partial charge in [-0.25, -0.2) is 4.79 Å². The van der Waals surface area contributed by atoms with Crippen molar-refractivity contribution in [2.75, 3.05) is 0 Å². The summed E-state index contributed by atoms with van der Waals surface area (Å²) in [7, 11) is 1.76. The summed E-state index contributed by atoms with van der Waals surface area (Å²) >= 11 is 3.30. The van der Waals surface area contributed by atoms with Gasteiger partial charge in [0.2, 0.25) is 0 Å². The Hall–Kier alpha value is -1.89. The van der Waals surface area contributed by atoms with Crippen molar-refractivity contribution in [2.24, 2.45) is 7.05 Å². The topological polar surface area (TPSA) is 77.2 Å². The zero-order valence-corrected chi connectivity index (χ0v) is 11.1. The van der Waals surface area contributed by atoms with Gasteiger partial charge in [-0.3, -0.25) is 4.68 Å². The Labute approximate surface area is 111 Å². The van der Waals surface area contributed by atoms with Crippen molar-refractivity contribution < 1.29 is 14.6 Å². The van der Waals surface area contributed by atoms with E-state index in [-0.39, 0.29) is 12.2 Å². The number of hydrogen-bond donors (Lipinski definition) is 1. The van der Waals surface area contributed by atoms with Crippen LogP contribution < -0.4 is 4.74 Å². The van der Waals surface area contributed by atoms with E-state index in [4.69, 9.17) is 9.84 Å². The minimum absolute atomic E-state index is 0.173. The van der Waals surface area contributed by atoms with Crippen LogP contribution in [0.3, 0.4) is 0 Å². The number of carboxylic acids is 1. The molecular weight excluding hydrogens is 302 g/mol. The summed E-state index contributed by atoms with van der Waals surface area (Å²) in [5, 5.41) is 16.5. The predicted molar refractivity (Wildman–Crippen MR) is 66.4 cm³/mol. The van der Waals surface area contributed by atoms with Gasteiger partial charge in [-0.15, -0.1) is 5.10 Å². The Kier molecular flexibility index (Phi) is 3.61. The van der Waals surface area contributed by atoms with Crippen molar-refractivity contribution in [1.29, 1.82) is 0 Å². The summed E-state index contributed by atoms with van der Waals surface area (Å²) < 4.78 is 7.76. The van der Waals surface area contributed by atoms with Crippen molar-refractivity contribution in [1.82, 2.24) is 15.0 Å². The molecule has 7 heteroatoms. The Morgan fingerprint density at radius 2 is 2.33 bits per heavy atom. The van der Waals surface area contributed by atoms with E-state index in [1.165, 1.54) is 12.1 Å². The summed E-state index contributed by atoms with van der Waals surface area (Å²) in [6, 6.07) is 4.60. The molecular formula is C11H10BrN3O3. The van der Waals surface area contributed by atoms with Crippen LogP contribution >= 0.6 is 15.9 Å². The van der Waals surface area contributed by atoms with Gasteiger partial charge in [-0.2, -0.15) is 0 Å². The summed E-state index contributed by atoms with van der Waals surface area (Å²) in [6.07, 6.45) is 1.73. The molecule has 1 aromatic heterocycles. The number of rotatable bonds is 4. The molecule has 0 saturated carbocycles. The van der Waals surface area contributed by atoms with Gasteiger partial charge in [0.25, 0.3) is 0 Å². The van der Waals surface area contributed by atoms with Crippen LogP contribution in [0.5, 0.6) is 5.75 Å². The number of benzene rings is 1. The van der Waals surface area contributed by atoms with E-state index in [0.29, 0.717) is 15.9 Å². The number of carbonyl (C=O) groups is 1. The molecule has 0 aliphatic heterocycles. The number of hydrogen-bond acceptors (Lipinski definition) is 4.